The number of rotatable bonds is 2. The van der Waals surface area contributed by atoms with Crippen molar-refractivity contribution in [1.29, 1.82) is 0 Å². The largest absolute Gasteiger partial charge is 0.305 e. The van der Waals surface area contributed by atoms with E-state index in [1.807, 2.05) is 36.4 Å². The molecule has 2 heterocycles. The molecule has 1 atom stereocenters. The van der Waals surface area contributed by atoms with Gasteiger partial charge in [-0.1, -0.05) is 48.9 Å². The highest BCUT2D eigenvalue weighted by Gasteiger charge is 2.23. The number of thiophene rings is 1. The van der Waals surface area contributed by atoms with Crippen LogP contribution >= 0.6 is 22.9 Å². The molecule has 122 valence electrons. The molecular formula is C19H17ClN2OS. The minimum atomic E-state index is -0.0818. The van der Waals surface area contributed by atoms with Crippen molar-refractivity contribution in [3.8, 4) is 0 Å². The smallest absolute Gasteiger partial charge is 0.260 e. The van der Waals surface area contributed by atoms with E-state index in [4.69, 9.17) is 11.6 Å². The van der Waals surface area contributed by atoms with Crippen LogP contribution in [0.2, 0.25) is 0 Å². The average molecular weight is 357 g/mol. The Morgan fingerprint density at radius 2 is 2.17 bits per heavy atom. The lowest BCUT2D eigenvalue weighted by atomic mass is 9.89. The maximum Gasteiger partial charge on any atom is 0.260 e. The molecular weight excluding hydrogens is 340 g/mol. The number of benzene rings is 1. The molecule has 0 aliphatic heterocycles. The summed E-state index contributed by atoms with van der Waals surface area (Å²) in [6.07, 6.45) is 4.96. The fourth-order valence-electron chi connectivity index (χ4n) is 3.23. The highest BCUT2D eigenvalue weighted by Crippen LogP contribution is 2.36. The number of fused-ring (bicyclic) bond motifs is 3. The molecule has 0 spiro atoms. The van der Waals surface area contributed by atoms with Gasteiger partial charge < -0.3 is 4.98 Å². The Morgan fingerprint density at radius 1 is 1.38 bits per heavy atom. The third-order valence-corrected chi connectivity index (χ3v) is 5.92. The Bertz CT molecular complexity index is 988. The molecule has 3 nitrogen and oxygen atoms in total. The predicted octanol–water partition coefficient (Wildman–Crippen LogP) is 4.85. The van der Waals surface area contributed by atoms with Crippen LogP contribution in [-0.4, -0.2) is 9.97 Å². The van der Waals surface area contributed by atoms with Gasteiger partial charge in [-0.2, -0.15) is 0 Å². The maximum atomic E-state index is 12.6. The number of H-pyrrole nitrogens is 1. The summed E-state index contributed by atoms with van der Waals surface area (Å²) in [6.45, 7) is 2.26. The van der Waals surface area contributed by atoms with Crippen molar-refractivity contribution in [2.24, 2.45) is 5.92 Å². The molecule has 1 N–H and O–H groups in total. The molecule has 0 fully saturated rings. The topological polar surface area (TPSA) is 45.8 Å². The summed E-state index contributed by atoms with van der Waals surface area (Å²) in [5, 5.41) is 1.20. The van der Waals surface area contributed by atoms with Crippen molar-refractivity contribution >= 4 is 44.3 Å². The summed E-state index contributed by atoms with van der Waals surface area (Å²) in [4.78, 5) is 22.2. The van der Waals surface area contributed by atoms with Crippen molar-refractivity contribution in [3.63, 3.8) is 0 Å². The van der Waals surface area contributed by atoms with Crippen LogP contribution in [-0.2, 0) is 12.8 Å². The number of hydrogen-bond donors (Lipinski definition) is 1. The summed E-state index contributed by atoms with van der Waals surface area (Å²) >= 11 is 8.03. The van der Waals surface area contributed by atoms with Gasteiger partial charge in [0.15, 0.2) is 5.82 Å². The zero-order valence-corrected chi connectivity index (χ0v) is 14.9. The number of nitrogens with one attached hydrogen (secondary N) is 1. The first-order valence-corrected chi connectivity index (χ1v) is 9.28. The van der Waals surface area contributed by atoms with E-state index in [0.717, 1.165) is 35.0 Å². The fraction of sp³-hybridized carbons (Fsp3) is 0.263. The minimum Gasteiger partial charge on any atom is -0.305 e. The molecule has 0 unspecified atom stereocenters. The molecule has 0 saturated heterocycles. The number of aromatic nitrogens is 2. The van der Waals surface area contributed by atoms with Crippen molar-refractivity contribution in [3.05, 3.63) is 62.5 Å². The molecule has 3 aromatic rings. The Kier molecular flexibility index (Phi) is 4.02. The van der Waals surface area contributed by atoms with Gasteiger partial charge in [0, 0.05) is 4.88 Å². The molecule has 1 aliphatic rings. The lowest BCUT2D eigenvalue weighted by Crippen LogP contribution is -2.14. The molecule has 0 amide bonds. The van der Waals surface area contributed by atoms with Gasteiger partial charge in [-0.25, -0.2) is 4.98 Å². The quantitative estimate of drug-likeness (QED) is 0.713. The first-order chi connectivity index (χ1) is 11.6. The van der Waals surface area contributed by atoms with Gasteiger partial charge in [-0.3, -0.25) is 4.79 Å². The van der Waals surface area contributed by atoms with E-state index in [-0.39, 0.29) is 5.56 Å². The van der Waals surface area contributed by atoms with Gasteiger partial charge >= 0.3 is 0 Å². The number of hydrogen-bond acceptors (Lipinski definition) is 3. The Morgan fingerprint density at radius 3 is 2.96 bits per heavy atom. The lowest BCUT2D eigenvalue weighted by Gasteiger charge is -2.17. The number of aryl methyl sites for hydroxylation is 1. The average Bonchev–Trinajstić information content (AvgIpc) is 2.93. The monoisotopic (exact) mass is 356 g/mol. The second-order valence-corrected chi connectivity index (χ2v) is 7.84. The van der Waals surface area contributed by atoms with Crippen LogP contribution in [0.5, 0.6) is 0 Å². The third kappa shape index (κ3) is 2.80. The summed E-state index contributed by atoms with van der Waals surface area (Å²) < 4.78 is 0. The van der Waals surface area contributed by atoms with Crippen molar-refractivity contribution in [2.75, 3.05) is 0 Å². The van der Waals surface area contributed by atoms with Crippen LogP contribution in [0.4, 0.5) is 0 Å². The van der Waals surface area contributed by atoms with E-state index < -0.39 is 0 Å². The van der Waals surface area contributed by atoms with E-state index in [9.17, 15) is 4.79 Å². The molecule has 4 rings (SSSR count). The zero-order valence-electron chi connectivity index (χ0n) is 13.3. The number of aromatic amines is 1. The maximum absolute atomic E-state index is 12.6. The number of halogens is 1. The summed E-state index contributed by atoms with van der Waals surface area (Å²) in [7, 11) is 0. The van der Waals surface area contributed by atoms with Gasteiger partial charge in [0.2, 0.25) is 0 Å². The summed E-state index contributed by atoms with van der Waals surface area (Å²) in [5.74, 6) is 1.11. The first kappa shape index (κ1) is 15.6. The highest BCUT2D eigenvalue weighted by atomic mass is 35.5. The van der Waals surface area contributed by atoms with Crippen LogP contribution in [0.1, 0.15) is 35.2 Å². The van der Waals surface area contributed by atoms with Gasteiger partial charge in [0.25, 0.3) is 5.56 Å². The Labute approximate surface area is 149 Å². The van der Waals surface area contributed by atoms with Crippen LogP contribution in [0.15, 0.2) is 35.1 Å². The van der Waals surface area contributed by atoms with E-state index >= 15 is 0 Å². The lowest BCUT2D eigenvalue weighted by molar-refractivity contribution is 0.509. The van der Waals surface area contributed by atoms with Crippen molar-refractivity contribution in [1.82, 2.24) is 9.97 Å². The van der Waals surface area contributed by atoms with Crippen LogP contribution < -0.4 is 5.56 Å². The SMILES string of the molecule is C[C@H]1CCc2c(sc3nc(/C(Cl)=C/c4ccccc4)[nH]c(=O)c23)C1. The number of nitrogens with zero attached hydrogens (tertiary/aromatic N) is 1. The molecule has 1 aromatic carbocycles. The minimum absolute atomic E-state index is 0.0818. The Hall–Kier alpha value is -1.91. The van der Waals surface area contributed by atoms with E-state index in [0.29, 0.717) is 16.8 Å². The van der Waals surface area contributed by atoms with E-state index in [2.05, 4.69) is 16.9 Å². The molecule has 24 heavy (non-hydrogen) atoms. The highest BCUT2D eigenvalue weighted by molar-refractivity contribution is 7.18. The molecule has 2 aromatic heterocycles. The first-order valence-electron chi connectivity index (χ1n) is 8.09. The van der Waals surface area contributed by atoms with Crippen LogP contribution in [0.3, 0.4) is 0 Å². The van der Waals surface area contributed by atoms with Crippen molar-refractivity contribution in [2.45, 2.75) is 26.2 Å². The normalized spacial score (nSPS) is 17.9. The standard InChI is InChI=1S/C19H17ClN2OS/c1-11-7-8-13-15(9-11)24-19-16(13)18(23)21-17(22-19)14(20)10-12-5-3-2-4-6-12/h2-6,10-11H,7-9H2,1H3,(H,21,22,23)/b14-10-/t11-/m0/s1. The summed E-state index contributed by atoms with van der Waals surface area (Å²) in [6, 6.07) is 9.77. The third-order valence-electron chi connectivity index (χ3n) is 4.48. The fourth-order valence-corrected chi connectivity index (χ4v) is 4.82. The van der Waals surface area contributed by atoms with E-state index in [1.165, 1.54) is 10.4 Å². The Balaban J connectivity index is 1.81. The molecule has 0 saturated carbocycles. The molecule has 0 bridgehead atoms. The molecule has 1 aliphatic carbocycles. The zero-order chi connectivity index (χ0) is 16.7. The van der Waals surface area contributed by atoms with Gasteiger partial charge in [0.05, 0.1) is 10.4 Å². The summed E-state index contributed by atoms with van der Waals surface area (Å²) in [5.41, 5.74) is 2.09. The van der Waals surface area contributed by atoms with Crippen molar-refractivity contribution < 1.29 is 0 Å². The van der Waals surface area contributed by atoms with E-state index in [1.54, 1.807) is 11.3 Å². The van der Waals surface area contributed by atoms with Gasteiger partial charge in [-0.15, -0.1) is 11.3 Å². The van der Waals surface area contributed by atoms with Gasteiger partial charge in [0.1, 0.15) is 4.83 Å². The second kappa shape index (κ2) is 6.19. The van der Waals surface area contributed by atoms with Crippen LogP contribution in [0, 0.1) is 5.92 Å². The second-order valence-electron chi connectivity index (χ2n) is 6.35. The molecule has 0 radical (unpaired) electrons. The molecule has 5 heteroatoms. The van der Waals surface area contributed by atoms with Gasteiger partial charge in [-0.05, 0) is 42.4 Å². The van der Waals surface area contributed by atoms with Crippen LogP contribution in [0.25, 0.3) is 21.3 Å². The predicted molar refractivity (Wildman–Crippen MR) is 102 cm³/mol.